The van der Waals surface area contributed by atoms with E-state index in [1.807, 2.05) is 0 Å². The summed E-state index contributed by atoms with van der Waals surface area (Å²) in [5, 5.41) is 9.59. The van der Waals surface area contributed by atoms with Gasteiger partial charge in [-0.3, -0.25) is 9.59 Å². The molecule has 0 bridgehead atoms. The summed E-state index contributed by atoms with van der Waals surface area (Å²) in [6.45, 7) is 1.48. The molecule has 1 aliphatic heterocycles. The van der Waals surface area contributed by atoms with Crippen molar-refractivity contribution in [1.82, 2.24) is 4.90 Å². The zero-order chi connectivity index (χ0) is 33.3. The summed E-state index contributed by atoms with van der Waals surface area (Å²) in [6.07, 6.45) is -12.2. The lowest BCUT2D eigenvalue weighted by Crippen LogP contribution is -2.53. The highest BCUT2D eigenvalue weighted by Crippen LogP contribution is 2.57. The number of fused-ring (bicyclic) bond motifs is 3. The van der Waals surface area contributed by atoms with Crippen LogP contribution in [0.25, 0.3) is 0 Å². The fraction of sp³-hybridized carbons (Fsp3) is 0.533. The number of likely N-dealkylation sites (tertiary alicyclic amines) is 1. The highest BCUT2D eigenvalue weighted by atomic mass is 35.5. The van der Waals surface area contributed by atoms with Crippen LogP contribution in [0.15, 0.2) is 41.3 Å². The fourth-order valence-electron chi connectivity index (χ4n) is 7.31. The van der Waals surface area contributed by atoms with E-state index in [-0.39, 0.29) is 78.4 Å². The van der Waals surface area contributed by atoms with E-state index < -0.39 is 62.0 Å². The zero-order valence-corrected chi connectivity index (χ0v) is 25.4. The normalized spacial score (nSPS) is 25.9. The number of aliphatic carboxylic acids is 1. The summed E-state index contributed by atoms with van der Waals surface area (Å²) in [6, 6.07) is 4.45. The number of rotatable bonds is 5. The van der Waals surface area contributed by atoms with Gasteiger partial charge < -0.3 is 10.0 Å². The second kappa shape index (κ2) is 11.1. The van der Waals surface area contributed by atoms with Crippen molar-refractivity contribution >= 4 is 33.3 Å². The average molecular weight is 684 g/mol. The number of hydrogen-bond donors (Lipinski definition) is 1. The Labute approximate surface area is 259 Å². The van der Waals surface area contributed by atoms with Gasteiger partial charge in [0, 0.05) is 23.0 Å². The van der Waals surface area contributed by atoms with E-state index in [9.17, 15) is 49.5 Å². The molecule has 246 valence electrons. The van der Waals surface area contributed by atoms with Crippen molar-refractivity contribution in [3.8, 4) is 0 Å². The highest BCUT2D eigenvalue weighted by Gasteiger charge is 2.74. The van der Waals surface area contributed by atoms with Gasteiger partial charge in [0.05, 0.1) is 16.9 Å². The molecular formula is C30H29ClF7NO5S. The zero-order valence-electron chi connectivity index (χ0n) is 23.8. The lowest BCUT2D eigenvalue weighted by atomic mass is 9.76. The Morgan fingerprint density at radius 2 is 1.51 bits per heavy atom. The van der Waals surface area contributed by atoms with Gasteiger partial charge in [0.25, 0.3) is 0 Å². The van der Waals surface area contributed by atoms with E-state index in [0.29, 0.717) is 17.7 Å². The quantitative estimate of drug-likeness (QED) is 0.342. The van der Waals surface area contributed by atoms with E-state index in [4.69, 9.17) is 11.6 Å². The first kappa shape index (κ1) is 33.5. The SMILES string of the molecule is Cc1cc(S(=O)(=O)C23CCN(C(=O)[C@H]4CC[C@H](C(=O)O)CC4)C2CCc2cc(C(F)(C(F)(F)F)C(F)(F)F)ccc23)ccc1Cl. The molecule has 5 rings (SSSR count). The molecule has 3 aliphatic rings. The van der Waals surface area contributed by atoms with Crippen LogP contribution in [0.4, 0.5) is 30.7 Å². The van der Waals surface area contributed by atoms with Crippen molar-refractivity contribution < 1.29 is 53.8 Å². The number of aryl methyl sites for hydroxylation is 2. The van der Waals surface area contributed by atoms with E-state index in [1.54, 1.807) is 6.92 Å². The number of alkyl halides is 7. The van der Waals surface area contributed by atoms with Crippen LogP contribution in [-0.4, -0.2) is 55.2 Å². The van der Waals surface area contributed by atoms with Gasteiger partial charge in [0.2, 0.25) is 5.91 Å². The van der Waals surface area contributed by atoms with Crippen molar-refractivity contribution in [3.63, 3.8) is 0 Å². The molecule has 1 saturated carbocycles. The number of nitrogens with zero attached hydrogens (tertiary/aromatic N) is 1. The molecular weight excluding hydrogens is 655 g/mol. The number of carboxylic acid groups (broad SMARTS) is 1. The topological polar surface area (TPSA) is 91.8 Å². The summed E-state index contributed by atoms with van der Waals surface area (Å²) in [5.74, 6) is -2.54. The summed E-state index contributed by atoms with van der Waals surface area (Å²) < 4.78 is 124. The third kappa shape index (κ3) is 5.10. The first-order valence-corrected chi connectivity index (χ1v) is 16.1. The van der Waals surface area contributed by atoms with Crippen LogP contribution in [-0.2, 0) is 36.3 Å². The number of carbonyl (C=O) groups is 2. The van der Waals surface area contributed by atoms with Crippen LogP contribution in [0.5, 0.6) is 0 Å². The Hall–Kier alpha value is -2.87. The number of benzene rings is 2. The third-order valence-electron chi connectivity index (χ3n) is 9.69. The van der Waals surface area contributed by atoms with E-state index >= 15 is 4.39 Å². The van der Waals surface area contributed by atoms with Crippen LogP contribution in [0, 0.1) is 18.8 Å². The van der Waals surface area contributed by atoms with E-state index in [0.717, 1.165) is 6.07 Å². The molecule has 1 amide bonds. The standard InChI is InChI=1S/C30H29ClF7NO5S/c1-16-14-21(8-10-23(16)31)45(43,44)27-12-13-39(25(40)17-2-4-18(5-3-17)26(41)42)24(27)11-6-19-15-20(7-9-22(19)27)28(32,29(33,34)35)30(36,37)38/h7-10,14-15,17-18,24H,2-6,11-13H2,1H3,(H,41,42)/t17-,18-,24?,27?. The lowest BCUT2D eigenvalue weighted by molar-refractivity contribution is -0.348. The molecule has 2 aromatic rings. The molecule has 0 spiro atoms. The molecule has 15 heteroatoms. The van der Waals surface area contributed by atoms with Crippen LogP contribution >= 0.6 is 11.6 Å². The number of carboxylic acids is 1. The smallest absolute Gasteiger partial charge is 0.435 e. The van der Waals surface area contributed by atoms with Crippen molar-refractivity contribution in [2.24, 2.45) is 11.8 Å². The van der Waals surface area contributed by atoms with E-state index in [1.165, 1.54) is 23.1 Å². The first-order chi connectivity index (χ1) is 20.8. The van der Waals surface area contributed by atoms with E-state index in [2.05, 4.69) is 0 Å². The van der Waals surface area contributed by atoms with Crippen molar-refractivity contribution in [2.45, 2.75) is 85.6 Å². The van der Waals surface area contributed by atoms with Crippen molar-refractivity contribution in [2.75, 3.05) is 6.54 Å². The van der Waals surface area contributed by atoms with Gasteiger partial charge in [-0.1, -0.05) is 29.8 Å². The maximum absolute atomic E-state index is 15.0. The Morgan fingerprint density at radius 1 is 0.911 bits per heavy atom. The molecule has 1 N–H and O–H groups in total. The fourth-order valence-corrected chi connectivity index (χ4v) is 9.88. The van der Waals surface area contributed by atoms with Crippen LogP contribution < -0.4 is 0 Å². The maximum atomic E-state index is 15.0. The second-order valence-electron chi connectivity index (χ2n) is 12.1. The monoisotopic (exact) mass is 683 g/mol. The van der Waals surface area contributed by atoms with Crippen molar-refractivity contribution in [3.05, 3.63) is 63.7 Å². The van der Waals surface area contributed by atoms with Gasteiger partial charge in [0.1, 0.15) is 4.75 Å². The highest BCUT2D eigenvalue weighted by molar-refractivity contribution is 7.92. The minimum absolute atomic E-state index is 0.0759. The van der Waals surface area contributed by atoms with Crippen LogP contribution in [0.1, 0.15) is 60.8 Å². The van der Waals surface area contributed by atoms with Crippen LogP contribution in [0.3, 0.4) is 0 Å². The Bertz CT molecular complexity index is 1620. The van der Waals surface area contributed by atoms with Gasteiger partial charge in [-0.25, -0.2) is 12.8 Å². The average Bonchev–Trinajstić information content (AvgIpc) is 3.38. The molecule has 0 radical (unpaired) electrons. The molecule has 1 heterocycles. The Kier molecular flexibility index (Phi) is 8.29. The summed E-state index contributed by atoms with van der Waals surface area (Å²) >= 11 is 6.12. The van der Waals surface area contributed by atoms with Crippen LogP contribution in [0.2, 0.25) is 5.02 Å². The minimum Gasteiger partial charge on any atom is -0.481 e. The molecule has 2 aliphatic carbocycles. The molecule has 0 aromatic heterocycles. The van der Waals surface area contributed by atoms with Gasteiger partial charge in [-0.15, -0.1) is 0 Å². The lowest BCUT2D eigenvalue weighted by Gasteiger charge is -2.44. The summed E-state index contributed by atoms with van der Waals surface area (Å²) in [7, 11) is -4.50. The minimum atomic E-state index is -6.35. The van der Waals surface area contributed by atoms with Gasteiger partial charge >= 0.3 is 24.0 Å². The second-order valence-corrected chi connectivity index (χ2v) is 14.7. The summed E-state index contributed by atoms with van der Waals surface area (Å²) in [5.41, 5.74) is -7.29. The molecule has 2 fully saturated rings. The predicted molar refractivity (Wildman–Crippen MR) is 148 cm³/mol. The predicted octanol–water partition coefficient (Wildman–Crippen LogP) is 7.05. The first-order valence-electron chi connectivity index (χ1n) is 14.3. The molecule has 6 nitrogen and oxygen atoms in total. The Morgan fingerprint density at radius 3 is 2.07 bits per heavy atom. The summed E-state index contributed by atoms with van der Waals surface area (Å²) in [4.78, 5) is 26.4. The van der Waals surface area contributed by atoms with Gasteiger partial charge in [-0.2, -0.15) is 26.3 Å². The molecule has 2 aromatic carbocycles. The third-order valence-corrected chi connectivity index (χ3v) is 12.6. The molecule has 1 saturated heterocycles. The Balaban J connectivity index is 1.64. The van der Waals surface area contributed by atoms with Gasteiger partial charge in [0.15, 0.2) is 9.84 Å². The molecule has 45 heavy (non-hydrogen) atoms. The largest absolute Gasteiger partial charge is 0.481 e. The number of hydrogen-bond acceptors (Lipinski definition) is 4. The number of amides is 1. The molecule has 2 atom stereocenters. The number of sulfone groups is 1. The number of halogens is 8. The maximum Gasteiger partial charge on any atom is 0.435 e. The van der Waals surface area contributed by atoms with Crippen molar-refractivity contribution in [1.29, 1.82) is 0 Å². The molecule has 2 unspecified atom stereocenters. The van der Waals surface area contributed by atoms with Gasteiger partial charge in [-0.05, 0) is 86.8 Å². The number of carbonyl (C=O) groups excluding carboxylic acids is 1.